The summed E-state index contributed by atoms with van der Waals surface area (Å²) < 4.78 is 0. The van der Waals surface area contributed by atoms with Crippen molar-refractivity contribution >= 4 is 0 Å². The fraction of sp³-hybridized carbons (Fsp3) is 1.00. The van der Waals surface area contributed by atoms with Crippen molar-refractivity contribution in [3.05, 3.63) is 0 Å². The monoisotopic (exact) mass is 214 g/mol. The molecule has 0 aromatic heterocycles. The lowest BCUT2D eigenvalue weighted by Crippen LogP contribution is -2.43. The van der Waals surface area contributed by atoms with Gasteiger partial charge in [0.25, 0.3) is 0 Å². The quantitative estimate of drug-likeness (QED) is 0.735. The van der Waals surface area contributed by atoms with E-state index in [1.54, 1.807) is 0 Å². The van der Waals surface area contributed by atoms with Gasteiger partial charge in [-0.15, -0.1) is 0 Å². The summed E-state index contributed by atoms with van der Waals surface area (Å²) in [4.78, 5) is 2.49. The zero-order valence-corrected chi connectivity index (χ0v) is 10.4. The highest BCUT2D eigenvalue weighted by molar-refractivity contribution is 4.75. The SMILES string of the molecule is CC(C)(C)NCCN1CCC(CO)CC1. The number of piperidine rings is 1. The molecular formula is C12H26N2O. The Kier molecular flexibility index (Phi) is 5.03. The largest absolute Gasteiger partial charge is 0.396 e. The fourth-order valence-corrected chi connectivity index (χ4v) is 1.98. The van der Waals surface area contributed by atoms with Crippen molar-refractivity contribution < 1.29 is 5.11 Å². The molecule has 1 rings (SSSR count). The highest BCUT2D eigenvalue weighted by Gasteiger charge is 2.18. The van der Waals surface area contributed by atoms with Crippen molar-refractivity contribution in [2.75, 3.05) is 32.8 Å². The number of hydrogen-bond acceptors (Lipinski definition) is 3. The summed E-state index contributed by atoms with van der Waals surface area (Å²) in [5.74, 6) is 0.553. The molecule has 3 heteroatoms. The first kappa shape index (κ1) is 12.9. The molecule has 1 aliphatic heterocycles. The molecule has 90 valence electrons. The van der Waals surface area contributed by atoms with Crippen LogP contribution in [0, 0.1) is 5.92 Å². The van der Waals surface area contributed by atoms with E-state index in [-0.39, 0.29) is 5.54 Å². The van der Waals surface area contributed by atoms with Gasteiger partial charge in [-0.2, -0.15) is 0 Å². The van der Waals surface area contributed by atoms with Crippen LogP contribution >= 0.6 is 0 Å². The molecule has 1 saturated heterocycles. The third-order valence-electron chi connectivity index (χ3n) is 3.05. The minimum atomic E-state index is 0.226. The summed E-state index contributed by atoms with van der Waals surface area (Å²) in [5.41, 5.74) is 0.226. The van der Waals surface area contributed by atoms with Gasteiger partial charge in [-0.25, -0.2) is 0 Å². The van der Waals surface area contributed by atoms with Crippen LogP contribution in [0.5, 0.6) is 0 Å². The minimum Gasteiger partial charge on any atom is -0.396 e. The Hall–Kier alpha value is -0.120. The Morgan fingerprint density at radius 1 is 1.27 bits per heavy atom. The molecular weight excluding hydrogens is 188 g/mol. The van der Waals surface area contributed by atoms with Crippen molar-refractivity contribution in [1.82, 2.24) is 10.2 Å². The van der Waals surface area contributed by atoms with Gasteiger partial charge >= 0.3 is 0 Å². The van der Waals surface area contributed by atoms with Crippen LogP contribution in [0.25, 0.3) is 0 Å². The number of aliphatic hydroxyl groups excluding tert-OH is 1. The Balaban J connectivity index is 2.09. The van der Waals surface area contributed by atoms with Crippen molar-refractivity contribution in [2.24, 2.45) is 5.92 Å². The lowest BCUT2D eigenvalue weighted by Gasteiger charge is -2.32. The van der Waals surface area contributed by atoms with E-state index in [1.165, 1.54) is 0 Å². The van der Waals surface area contributed by atoms with Gasteiger partial charge in [0.2, 0.25) is 0 Å². The van der Waals surface area contributed by atoms with Crippen LogP contribution < -0.4 is 5.32 Å². The molecule has 0 amide bonds. The van der Waals surface area contributed by atoms with Crippen molar-refractivity contribution in [2.45, 2.75) is 39.2 Å². The molecule has 0 atom stereocenters. The van der Waals surface area contributed by atoms with Crippen LogP contribution in [0.2, 0.25) is 0 Å². The van der Waals surface area contributed by atoms with E-state index in [4.69, 9.17) is 5.11 Å². The van der Waals surface area contributed by atoms with Crippen molar-refractivity contribution in [3.8, 4) is 0 Å². The highest BCUT2D eigenvalue weighted by Crippen LogP contribution is 2.15. The van der Waals surface area contributed by atoms with Crippen LogP contribution in [0.3, 0.4) is 0 Å². The summed E-state index contributed by atoms with van der Waals surface area (Å²) in [6.45, 7) is 11.5. The fourth-order valence-electron chi connectivity index (χ4n) is 1.98. The van der Waals surface area contributed by atoms with Crippen LogP contribution in [0.1, 0.15) is 33.6 Å². The first-order valence-corrected chi connectivity index (χ1v) is 6.09. The predicted octanol–water partition coefficient (Wildman–Crippen LogP) is 1.08. The molecule has 0 aliphatic carbocycles. The van der Waals surface area contributed by atoms with E-state index < -0.39 is 0 Å². The van der Waals surface area contributed by atoms with Crippen LogP contribution in [-0.2, 0) is 0 Å². The Morgan fingerprint density at radius 2 is 1.87 bits per heavy atom. The molecule has 0 unspecified atom stereocenters. The third-order valence-corrected chi connectivity index (χ3v) is 3.05. The van der Waals surface area contributed by atoms with E-state index in [0.29, 0.717) is 12.5 Å². The highest BCUT2D eigenvalue weighted by atomic mass is 16.3. The third kappa shape index (κ3) is 5.50. The van der Waals surface area contributed by atoms with Gasteiger partial charge in [-0.3, -0.25) is 0 Å². The van der Waals surface area contributed by atoms with Gasteiger partial charge in [-0.05, 0) is 52.6 Å². The second kappa shape index (κ2) is 5.83. The number of nitrogens with zero attached hydrogens (tertiary/aromatic N) is 1. The van der Waals surface area contributed by atoms with E-state index >= 15 is 0 Å². The van der Waals surface area contributed by atoms with E-state index in [1.807, 2.05) is 0 Å². The van der Waals surface area contributed by atoms with Crippen molar-refractivity contribution in [3.63, 3.8) is 0 Å². The summed E-state index contributed by atoms with van der Waals surface area (Å²) in [6.07, 6.45) is 2.32. The van der Waals surface area contributed by atoms with Crippen LogP contribution in [-0.4, -0.2) is 48.3 Å². The van der Waals surface area contributed by atoms with Crippen LogP contribution in [0.15, 0.2) is 0 Å². The number of likely N-dealkylation sites (tertiary alicyclic amines) is 1. The van der Waals surface area contributed by atoms with Gasteiger partial charge in [0.05, 0.1) is 0 Å². The van der Waals surface area contributed by atoms with E-state index in [2.05, 4.69) is 31.0 Å². The van der Waals surface area contributed by atoms with E-state index in [9.17, 15) is 0 Å². The summed E-state index contributed by atoms with van der Waals surface area (Å²) in [6, 6.07) is 0. The Labute approximate surface area is 93.9 Å². The molecule has 1 aliphatic rings. The first-order valence-electron chi connectivity index (χ1n) is 6.09. The zero-order valence-electron chi connectivity index (χ0n) is 10.4. The second-order valence-electron chi connectivity index (χ2n) is 5.64. The predicted molar refractivity (Wildman–Crippen MR) is 64.0 cm³/mol. The maximum absolute atomic E-state index is 9.03. The van der Waals surface area contributed by atoms with Gasteiger partial charge in [0.1, 0.15) is 0 Å². The van der Waals surface area contributed by atoms with Crippen molar-refractivity contribution in [1.29, 1.82) is 0 Å². The number of hydrogen-bond donors (Lipinski definition) is 2. The normalized spacial score (nSPS) is 20.8. The number of aliphatic hydroxyl groups is 1. The summed E-state index contributed by atoms with van der Waals surface area (Å²) >= 11 is 0. The van der Waals surface area contributed by atoms with Gasteiger partial charge in [-0.1, -0.05) is 0 Å². The molecule has 0 bridgehead atoms. The number of rotatable bonds is 4. The standard InChI is InChI=1S/C12H26N2O/c1-12(2,3)13-6-9-14-7-4-11(10-15)5-8-14/h11,13,15H,4-10H2,1-3H3. The maximum Gasteiger partial charge on any atom is 0.0460 e. The van der Waals surface area contributed by atoms with Gasteiger partial charge < -0.3 is 15.3 Å². The molecule has 1 fully saturated rings. The molecule has 15 heavy (non-hydrogen) atoms. The summed E-state index contributed by atoms with van der Waals surface area (Å²) in [7, 11) is 0. The first-order chi connectivity index (χ1) is 7.01. The molecule has 0 aromatic rings. The van der Waals surface area contributed by atoms with Gasteiger partial charge in [0.15, 0.2) is 0 Å². The molecule has 0 radical (unpaired) electrons. The van der Waals surface area contributed by atoms with E-state index in [0.717, 1.165) is 39.0 Å². The topological polar surface area (TPSA) is 35.5 Å². The van der Waals surface area contributed by atoms with Gasteiger partial charge in [0, 0.05) is 25.2 Å². The molecule has 2 N–H and O–H groups in total. The second-order valence-corrected chi connectivity index (χ2v) is 5.64. The lowest BCUT2D eigenvalue weighted by atomic mass is 9.98. The van der Waals surface area contributed by atoms with Crippen LogP contribution in [0.4, 0.5) is 0 Å². The molecule has 0 aromatic carbocycles. The summed E-state index contributed by atoms with van der Waals surface area (Å²) in [5, 5.41) is 12.5. The zero-order chi connectivity index (χ0) is 11.3. The molecule has 1 heterocycles. The molecule has 0 saturated carbocycles. The number of nitrogens with one attached hydrogen (secondary N) is 1. The smallest absolute Gasteiger partial charge is 0.0460 e. The minimum absolute atomic E-state index is 0.226. The average Bonchev–Trinajstić information content (AvgIpc) is 2.17. The Morgan fingerprint density at radius 3 is 2.33 bits per heavy atom. The lowest BCUT2D eigenvalue weighted by molar-refractivity contribution is 0.130. The Bertz CT molecular complexity index is 169. The average molecular weight is 214 g/mol. The molecule has 0 spiro atoms. The molecule has 3 nitrogen and oxygen atoms in total. The maximum atomic E-state index is 9.03.